The van der Waals surface area contributed by atoms with Crippen LogP contribution in [0.25, 0.3) is 22.6 Å². The van der Waals surface area contributed by atoms with Gasteiger partial charge in [-0.1, -0.05) is 23.7 Å². The Morgan fingerprint density at radius 2 is 2.13 bits per heavy atom. The molecule has 2 N–H and O–H groups in total. The van der Waals surface area contributed by atoms with Crippen LogP contribution in [-0.4, -0.2) is 15.1 Å². The van der Waals surface area contributed by atoms with Gasteiger partial charge in [-0.25, -0.2) is 4.98 Å². The number of nitrogens with one attached hydrogen (secondary N) is 1. The second-order valence-corrected chi connectivity index (χ2v) is 5.28. The first-order valence-electron chi connectivity index (χ1n) is 6.67. The number of phenolic OH excluding ortho intramolecular Hbond substituents is 1. The highest BCUT2D eigenvalue weighted by atomic mass is 35.5. The molecule has 3 rings (SSSR count). The van der Waals surface area contributed by atoms with E-state index in [9.17, 15) is 15.2 Å². The first-order chi connectivity index (χ1) is 11.1. The first kappa shape index (κ1) is 14.8. The van der Waals surface area contributed by atoms with Crippen molar-refractivity contribution < 1.29 is 5.11 Å². The molecule has 0 aliphatic rings. The van der Waals surface area contributed by atoms with E-state index in [1.807, 2.05) is 6.07 Å². The Balaban J connectivity index is 2.17. The third-order valence-corrected chi connectivity index (χ3v) is 3.46. The fourth-order valence-electron chi connectivity index (χ4n) is 2.17. The van der Waals surface area contributed by atoms with Gasteiger partial charge in [0.1, 0.15) is 11.8 Å². The number of aromatic nitrogens is 2. The van der Waals surface area contributed by atoms with Crippen molar-refractivity contribution in [3.63, 3.8) is 0 Å². The van der Waals surface area contributed by atoms with Crippen LogP contribution in [0.3, 0.4) is 0 Å². The number of aromatic hydroxyl groups is 1. The highest BCUT2D eigenvalue weighted by Crippen LogP contribution is 2.20. The number of nitrogens with zero attached hydrogens (tertiary/aromatic N) is 2. The average molecular weight is 324 g/mol. The summed E-state index contributed by atoms with van der Waals surface area (Å²) in [5, 5.41) is 19.7. The molecule has 0 amide bonds. The minimum atomic E-state index is -0.348. The van der Waals surface area contributed by atoms with Gasteiger partial charge in [0.05, 0.1) is 16.5 Å². The Bertz CT molecular complexity index is 1030. The molecule has 23 heavy (non-hydrogen) atoms. The number of allylic oxidation sites excluding steroid dienone is 1. The van der Waals surface area contributed by atoms with Gasteiger partial charge in [0.15, 0.2) is 5.82 Å². The van der Waals surface area contributed by atoms with Crippen molar-refractivity contribution in [3.05, 3.63) is 69.2 Å². The van der Waals surface area contributed by atoms with E-state index < -0.39 is 0 Å². The second-order valence-electron chi connectivity index (χ2n) is 4.84. The van der Waals surface area contributed by atoms with E-state index in [2.05, 4.69) is 9.97 Å². The Morgan fingerprint density at radius 1 is 1.30 bits per heavy atom. The van der Waals surface area contributed by atoms with Crippen molar-refractivity contribution in [3.8, 4) is 11.8 Å². The molecule has 1 aromatic heterocycles. The molecule has 0 saturated heterocycles. The number of H-pyrrole nitrogens is 1. The summed E-state index contributed by atoms with van der Waals surface area (Å²) >= 11 is 5.92. The predicted octanol–water partition coefficient (Wildman–Crippen LogP) is 3.35. The Labute approximate surface area is 136 Å². The summed E-state index contributed by atoms with van der Waals surface area (Å²) in [7, 11) is 0. The lowest BCUT2D eigenvalue weighted by atomic mass is 10.1. The molecule has 2 aromatic carbocycles. The molecule has 0 spiro atoms. The standard InChI is InChI=1S/C17H10ClN3O2/c18-12-4-5-14-15(8-12)20-16(21-17(14)23)11(9-19)6-10-2-1-3-13(22)7-10/h1-8,22H,(H,20,21,23). The van der Waals surface area contributed by atoms with Gasteiger partial charge >= 0.3 is 0 Å². The van der Waals surface area contributed by atoms with Gasteiger partial charge in [-0.3, -0.25) is 4.79 Å². The van der Waals surface area contributed by atoms with E-state index >= 15 is 0 Å². The molecule has 0 saturated carbocycles. The molecule has 3 aromatic rings. The van der Waals surface area contributed by atoms with Crippen molar-refractivity contribution >= 4 is 34.2 Å². The minimum Gasteiger partial charge on any atom is -0.508 e. The normalized spacial score (nSPS) is 11.4. The van der Waals surface area contributed by atoms with Crippen LogP contribution in [0, 0.1) is 11.3 Å². The zero-order valence-corrected chi connectivity index (χ0v) is 12.5. The summed E-state index contributed by atoms with van der Waals surface area (Å²) in [5.41, 5.74) is 0.858. The smallest absolute Gasteiger partial charge is 0.259 e. The van der Waals surface area contributed by atoms with Crippen LogP contribution >= 0.6 is 11.6 Å². The quantitative estimate of drug-likeness (QED) is 0.708. The van der Waals surface area contributed by atoms with Crippen LogP contribution in [0.4, 0.5) is 0 Å². The highest BCUT2D eigenvalue weighted by Gasteiger charge is 2.09. The number of fused-ring (bicyclic) bond motifs is 1. The fraction of sp³-hybridized carbons (Fsp3) is 0. The maximum atomic E-state index is 12.1. The number of halogens is 1. The zero-order valence-electron chi connectivity index (χ0n) is 11.7. The van der Waals surface area contributed by atoms with Crippen LogP contribution < -0.4 is 5.56 Å². The topological polar surface area (TPSA) is 89.8 Å². The lowest BCUT2D eigenvalue weighted by Crippen LogP contribution is -2.11. The summed E-state index contributed by atoms with van der Waals surface area (Å²) in [6.07, 6.45) is 1.54. The lowest BCUT2D eigenvalue weighted by Gasteiger charge is -2.03. The average Bonchev–Trinajstić information content (AvgIpc) is 2.52. The van der Waals surface area contributed by atoms with Gasteiger partial charge in [0, 0.05) is 5.02 Å². The molecule has 5 nitrogen and oxygen atoms in total. The van der Waals surface area contributed by atoms with Crippen molar-refractivity contribution in [2.45, 2.75) is 0 Å². The SMILES string of the molecule is N#CC(=Cc1cccc(O)c1)c1nc2cc(Cl)ccc2c(=O)[nH]1. The number of aromatic amines is 1. The Hall–Kier alpha value is -3.10. The van der Waals surface area contributed by atoms with Gasteiger partial charge in [0.2, 0.25) is 0 Å². The molecule has 112 valence electrons. The van der Waals surface area contributed by atoms with Gasteiger partial charge in [-0.05, 0) is 42.0 Å². The van der Waals surface area contributed by atoms with Crippen molar-refractivity contribution in [2.75, 3.05) is 0 Å². The maximum Gasteiger partial charge on any atom is 0.259 e. The largest absolute Gasteiger partial charge is 0.508 e. The first-order valence-corrected chi connectivity index (χ1v) is 7.05. The predicted molar refractivity (Wildman–Crippen MR) is 89.0 cm³/mol. The summed E-state index contributed by atoms with van der Waals surface area (Å²) in [6.45, 7) is 0. The van der Waals surface area contributed by atoms with E-state index in [0.717, 1.165) is 0 Å². The molecule has 0 aliphatic carbocycles. The van der Waals surface area contributed by atoms with Crippen LogP contribution in [0.2, 0.25) is 5.02 Å². The third kappa shape index (κ3) is 3.07. The number of phenols is 1. The molecule has 0 bridgehead atoms. The number of hydrogen-bond donors (Lipinski definition) is 2. The van der Waals surface area contributed by atoms with E-state index in [0.29, 0.717) is 21.5 Å². The molecule has 0 fully saturated rings. The van der Waals surface area contributed by atoms with Crippen molar-refractivity contribution in [1.82, 2.24) is 9.97 Å². The molecular formula is C17H10ClN3O2. The van der Waals surface area contributed by atoms with E-state index in [1.165, 1.54) is 18.2 Å². The Kier molecular flexibility index (Phi) is 3.83. The molecule has 6 heteroatoms. The number of hydrogen-bond acceptors (Lipinski definition) is 4. The third-order valence-electron chi connectivity index (χ3n) is 3.23. The van der Waals surface area contributed by atoms with E-state index in [-0.39, 0.29) is 22.7 Å². The van der Waals surface area contributed by atoms with E-state index in [4.69, 9.17) is 11.6 Å². The number of rotatable bonds is 2. The van der Waals surface area contributed by atoms with Crippen LogP contribution in [0.15, 0.2) is 47.3 Å². The fourth-order valence-corrected chi connectivity index (χ4v) is 2.34. The van der Waals surface area contributed by atoms with Crippen LogP contribution in [0.5, 0.6) is 5.75 Å². The van der Waals surface area contributed by atoms with Gasteiger partial charge in [-0.15, -0.1) is 0 Å². The lowest BCUT2D eigenvalue weighted by molar-refractivity contribution is 0.475. The Morgan fingerprint density at radius 3 is 2.87 bits per heavy atom. The second kappa shape index (κ2) is 5.95. The molecule has 0 radical (unpaired) electrons. The van der Waals surface area contributed by atoms with E-state index in [1.54, 1.807) is 30.3 Å². The van der Waals surface area contributed by atoms with Crippen LogP contribution in [0.1, 0.15) is 11.4 Å². The van der Waals surface area contributed by atoms with Gasteiger partial charge < -0.3 is 10.1 Å². The molecule has 1 heterocycles. The molecule has 0 unspecified atom stereocenters. The van der Waals surface area contributed by atoms with Gasteiger partial charge in [0.25, 0.3) is 5.56 Å². The summed E-state index contributed by atoms with van der Waals surface area (Å²) < 4.78 is 0. The molecule has 0 aliphatic heterocycles. The number of nitriles is 1. The monoisotopic (exact) mass is 323 g/mol. The number of benzene rings is 2. The minimum absolute atomic E-state index is 0.0859. The van der Waals surface area contributed by atoms with Crippen molar-refractivity contribution in [1.29, 1.82) is 5.26 Å². The maximum absolute atomic E-state index is 12.1. The van der Waals surface area contributed by atoms with Crippen molar-refractivity contribution in [2.24, 2.45) is 0 Å². The zero-order chi connectivity index (χ0) is 16.4. The summed E-state index contributed by atoms with van der Waals surface area (Å²) in [6, 6.07) is 13.2. The summed E-state index contributed by atoms with van der Waals surface area (Å²) in [5.74, 6) is 0.235. The highest BCUT2D eigenvalue weighted by molar-refractivity contribution is 6.31. The van der Waals surface area contributed by atoms with Crippen LogP contribution in [-0.2, 0) is 0 Å². The van der Waals surface area contributed by atoms with Gasteiger partial charge in [-0.2, -0.15) is 5.26 Å². The summed E-state index contributed by atoms with van der Waals surface area (Å²) in [4.78, 5) is 19.0. The molecular weight excluding hydrogens is 314 g/mol. The molecule has 0 atom stereocenters.